The average Bonchev–Trinajstić information content (AvgIpc) is 2.90. The smallest absolute Gasteiger partial charge is 0.243 e. The number of hydrogen-bond donors (Lipinski definition) is 1. The Morgan fingerprint density at radius 2 is 1.61 bits per heavy atom. The zero-order chi connectivity index (χ0) is 27.7. The first-order chi connectivity index (χ1) is 18.2. The molecule has 0 aromatic heterocycles. The van der Waals surface area contributed by atoms with Crippen LogP contribution in [-0.2, 0) is 29.0 Å². The summed E-state index contributed by atoms with van der Waals surface area (Å²) >= 11 is 12.6. The van der Waals surface area contributed by atoms with Gasteiger partial charge in [-0.25, -0.2) is 0 Å². The van der Waals surface area contributed by atoms with Crippen molar-refractivity contribution < 1.29 is 19.1 Å². The number of nitrogens with zero attached hydrogens (tertiary/aromatic N) is 1. The van der Waals surface area contributed by atoms with Gasteiger partial charge in [0.25, 0.3) is 0 Å². The van der Waals surface area contributed by atoms with Crippen LogP contribution in [0.25, 0.3) is 0 Å². The van der Waals surface area contributed by atoms with E-state index < -0.39 is 6.04 Å². The second kappa shape index (κ2) is 14.1. The summed E-state index contributed by atoms with van der Waals surface area (Å²) < 4.78 is 10.7. The summed E-state index contributed by atoms with van der Waals surface area (Å²) in [5.74, 6) is 0.842. The number of methoxy groups -OCH3 is 2. The van der Waals surface area contributed by atoms with Gasteiger partial charge in [-0.3, -0.25) is 9.59 Å². The van der Waals surface area contributed by atoms with Gasteiger partial charge in [-0.05, 0) is 61.2 Å². The maximum Gasteiger partial charge on any atom is 0.243 e. The Labute approximate surface area is 234 Å². The van der Waals surface area contributed by atoms with Gasteiger partial charge in [0.05, 0.1) is 14.2 Å². The third-order valence-corrected chi connectivity index (χ3v) is 6.72. The molecule has 1 N–H and O–H groups in total. The zero-order valence-electron chi connectivity index (χ0n) is 22.2. The van der Waals surface area contributed by atoms with Crippen LogP contribution < -0.4 is 14.8 Å². The molecular formula is C30H34Cl2N2O4. The molecule has 0 radical (unpaired) electrons. The number of amides is 2. The molecule has 3 rings (SSSR count). The van der Waals surface area contributed by atoms with Crippen molar-refractivity contribution in [2.75, 3.05) is 14.2 Å². The lowest BCUT2D eigenvalue weighted by Crippen LogP contribution is -2.51. The van der Waals surface area contributed by atoms with Gasteiger partial charge >= 0.3 is 0 Å². The molecule has 1 atom stereocenters. The highest BCUT2D eigenvalue weighted by Gasteiger charge is 2.31. The third-order valence-electron chi connectivity index (χ3n) is 6.13. The van der Waals surface area contributed by atoms with E-state index >= 15 is 0 Å². The summed E-state index contributed by atoms with van der Waals surface area (Å²) in [6.45, 7) is 3.97. The average molecular weight is 558 g/mol. The molecule has 3 aromatic carbocycles. The molecule has 0 saturated carbocycles. The quantitative estimate of drug-likeness (QED) is 0.292. The highest BCUT2D eigenvalue weighted by atomic mass is 35.5. The number of aryl methyl sites for hydroxylation is 1. The lowest BCUT2D eigenvalue weighted by Gasteiger charge is -2.32. The van der Waals surface area contributed by atoms with Crippen molar-refractivity contribution in [2.24, 2.45) is 0 Å². The molecule has 0 aliphatic carbocycles. The van der Waals surface area contributed by atoms with Gasteiger partial charge in [0, 0.05) is 35.5 Å². The van der Waals surface area contributed by atoms with Crippen LogP contribution in [0, 0.1) is 0 Å². The number of nitrogens with one attached hydrogen (secondary N) is 1. The van der Waals surface area contributed by atoms with Crippen molar-refractivity contribution in [1.82, 2.24) is 10.2 Å². The first kappa shape index (κ1) is 29.3. The molecule has 2 amide bonds. The van der Waals surface area contributed by atoms with E-state index in [0.717, 1.165) is 11.1 Å². The van der Waals surface area contributed by atoms with Crippen LogP contribution in [-0.4, -0.2) is 43.0 Å². The Morgan fingerprint density at radius 3 is 2.24 bits per heavy atom. The van der Waals surface area contributed by atoms with Gasteiger partial charge in [-0.1, -0.05) is 65.7 Å². The minimum absolute atomic E-state index is 0.0800. The van der Waals surface area contributed by atoms with Crippen molar-refractivity contribution in [1.29, 1.82) is 0 Å². The number of rotatable bonds is 12. The molecule has 0 bridgehead atoms. The number of ether oxygens (including phenoxy) is 2. The highest BCUT2D eigenvalue weighted by molar-refractivity contribution is 6.35. The number of halogens is 2. The van der Waals surface area contributed by atoms with Crippen molar-refractivity contribution in [3.05, 3.63) is 93.5 Å². The lowest BCUT2D eigenvalue weighted by molar-refractivity contribution is -0.141. The van der Waals surface area contributed by atoms with Gasteiger partial charge in [0.15, 0.2) is 11.5 Å². The van der Waals surface area contributed by atoms with Crippen molar-refractivity contribution in [3.8, 4) is 11.5 Å². The lowest BCUT2D eigenvalue weighted by atomic mass is 10.0. The van der Waals surface area contributed by atoms with Gasteiger partial charge < -0.3 is 19.7 Å². The van der Waals surface area contributed by atoms with E-state index in [-0.39, 0.29) is 30.8 Å². The van der Waals surface area contributed by atoms with Gasteiger partial charge in [0.1, 0.15) is 6.04 Å². The molecular weight excluding hydrogens is 523 g/mol. The third kappa shape index (κ3) is 8.14. The maximum atomic E-state index is 13.8. The maximum absolute atomic E-state index is 13.8. The van der Waals surface area contributed by atoms with Crippen LogP contribution in [0.5, 0.6) is 11.5 Å². The predicted octanol–water partition coefficient (Wildman–Crippen LogP) is 6.11. The molecule has 38 heavy (non-hydrogen) atoms. The van der Waals surface area contributed by atoms with Gasteiger partial charge in [0.2, 0.25) is 11.8 Å². The Hall–Kier alpha value is -3.22. The van der Waals surface area contributed by atoms with E-state index in [0.29, 0.717) is 39.9 Å². The zero-order valence-corrected chi connectivity index (χ0v) is 23.7. The molecule has 3 aromatic rings. The Morgan fingerprint density at radius 1 is 0.895 bits per heavy atom. The first-order valence-electron chi connectivity index (χ1n) is 12.5. The number of benzene rings is 3. The van der Waals surface area contributed by atoms with Crippen LogP contribution >= 0.6 is 23.2 Å². The van der Waals surface area contributed by atoms with Crippen LogP contribution in [0.2, 0.25) is 10.0 Å². The first-order valence-corrected chi connectivity index (χ1v) is 13.3. The molecule has 202 valence electrons. The molecule has 0 aliphatic rings. The molecule has 0 heterocycles. The molecule has 8 heteroatoms. The van der Waals surface area contributed by atoms with Crippen LogP contribution in [0.1, 0.15) is 37.0 Å². The fourth-order valence-electron chi connectivity index (χ4n) is 4.20. The van der Waals surface area contributed by atoms with Crippen molar-refractivity contribution in [3.63, 3.8) is 0 Å². The highest BCUT2D eigenvalue weighted by Crippen LogP contribution is 2.29. The molecule has 0 aliphatic heterocycles. The number of carbonyl (C=O) groups excluding carboxylic acids is 2. The second-order valence-electron chi connectivity index (χ2n) is 9.32. The SMILES string of the molecule is COc1ccc(CCC(=O)N(Cc2ccc(Cl)cc2Cl)[C@H](Cc2ccccc2)C(=O)NC(C)C)cc1OC. The van der Waals surface area contributed by atoms with E-state index in [1.54, 1.807) is 37.3 Å². The van der Waals surface area contributed by atoms with E-state index in [4.69, 9.17) is 32.7 Å². The van der Waals surface area contributed by atoms with Crippen LogP contribution in [0.15, 0.2) is 66.7 Å². The normalized spacial score (nSPS) is 11.7. The van der Waals surface area contributed by atoms with E-state index in [1.165, 1.54) is 0 Å². The Balaban J connectivity index is 1.93. The van der Waals surface area contributed by atoms with E-state index in [1.807, 2.05) is 62.4 Å². The van der Waals surface area contributed by atoms with Gasteiger partial charge in [-0.15, -0.1) is 0 Å². The summed E-state index contributed by atoms with van der Waals surface area (Å²) in [6, 6.07) is 19.6. The number of hydrogen-bond acceptors (Lipinski definition) is 4. The second-order valence-corrected chi connectivity index (χ2v) is 10.2. The molecule has 0 fully saturated rings. The van der Waals surface area contributed by atoms with Crippen molar-refractivity contribution in [2.45, 2.75) is 51.7 Å². The van der Waals surface area contributed by atoms with Crippen LogP contribution in [0.4, 0.5) is 0 Å². The van der Waals surface area contributed by atoms with Crippen LogP contribution in [0.3, 0.4) is 0 Å². The fourth-order valence-corrected chi connectivity index (χ4v) is 4.67. The monoisotopic (exact) mass is 556 g/mol. The van der Waals surface area contributed by atoms with Crippen molar-refractivity contribution >= 4 is 35.0 Å². The molecule has 0 unspecified atom stereocenters. The van der Waals surface area contributed by atoms with Gasteiger partial charge in [-0.2, -0.15) is 0 Å². The van der Waals surface area contributed by atoms with E-state index in [9.17, 15) is 9.59 Å². The standard InChI is InChI=1S/C30H34Cl2N2O4/c1-20(2)33-30(36)26(16-21-8-6-5-7-9-21)34(19-23-12-13-24(31)18-25(23)32)29(35)15-11-22-10-14-27(37-3)28(17-22)38-4/h5-10,12-14,17-18,20,26H,11,15-16,19H2,1-4H3,(H,33,36)/t26-/m1/s1. The largest absolute Gasteiger partial charge is 0.493 e. The minimum atomic E-state index is -0.732. The molecule has 6 nitrogen and oxygen atoms in total. The fraction of sp³-hybridized carbons (Fsp3) is 0.333. The Bertz CT molecular complexity index is 1230. The molecule has 0 spiro atoms. The summed E-state index contributed by atoms with van der Waals surface area (Å²) in [6.07, 6.45) is 1.03. The summed E-state index contributed by atoms with van der Waals surface area (Å²) in [7, 11) is 3.15. The van der Waals surface area contributed by atoms with E-state index in [2.05, 4.69) is 5.32 Å². The topological polar surface area (TPSA) is 67.9 Å². The summed E-state index contributed by atoms with van der Waals surface area (Å²) in [5.41, 5.74) is 2.59. The molecule has 0 saturated heterocycles. The summed E-state index contributed by atoms with van der Waals surface area (Å²) in [5, 5.41) is 3.94. The Kier molecular flexibility index (Phi) is 10.9. The predicted molar refractivity (Wildman–Crippen MR) is 152 cm³/mol. The summed E-state index contributed by atoms with van der Waals surface area (Å²) in [4.78, 5) is 28.9. The minimum Gasteiger partial charge on any atom is -0.493 e. The number of carbonyl (C=O) groups is 2.